The molecule has 0 aromatic heterocycles. The molecule has 0 saturated carbocycles. The fourth-order valence-corrected chi connectivity index (χ4v) is 3.10. The minimum atomic E-state index is -4.30. The molecule has 1 atom stereocenters. The first-order chi connectivity index (χ1) is 10.1. The summed E-state index contributed by atoms with van der Waals surface area (Å²) < 4.78 is 37.8. The van der Waals surface area contributed by atoms with Gasteiger partial charge in [-0.05, 0) is 63.0 Å². The summed E-state index contributed by atoms with van der Waals surface area (Å²) in [6, 6.07) is 4.91. The van der Waals surface area contributed by atoms with Gasteiger partial charge in [0.15, 0.2) is 0 Å². The van der Waals surface area contributed by atoms with Crippen LogP contribution in [0.25, 0.3) is 0 Å². The van der Waals surface area contributed by atoms with E-state index in [9.17, 15) is 13.2 Å². The number of halogens is 3. The first-order valence-electron chi connectivity index (χ1n) is 7.40. The second-order valence-corrected chi connectivity index (χ2v) is 6.13. The Kier molecular flexibility index (Phi) is 4.52. The SMILES string of the molecule is CC1=C(C)C(CC(N)c2ccc(C(F)(F)F)cc2)C(C)=C1C. The minimum Gasteiger partial charge on any atom is -0.324 e. The van der Waals surface area contributed by atoms with Crippen LogP contribution >= 0.6 is 0 Å². The van der Waals surface area contributed by atoms with Crippen LogP contribution in [0.15, 0.2) is 46.6 Å². The van der Waals surface area contributed by atoms with Gasteiger partial charge in [-0.15, -0.1) is 0 Å². The normalized spacial score (nSPS) is 18.4. The Balaban J connectivity index is 2.15. The average molecular weight is 309 g/mol. The van der Waals surface area contributed by atoms with Crippen molar-refractivity contribution in [1.82, 2.24) is 0 Å². The van der Waals surface area contributed by atoms with Crippen molar-refractivity contribution in [2.45, 2.75) is 46.3 Å². The summed E-state index contributed by atoms with van der Waals surface area (Å²) >= 11 is 0. The molecule has 4 heteroatoms. The molecule has 0 radical (unpaired) electrons. The summed E-state index contributed by atoms with van der Waals surface area (Å²) in [7, 11) is 0. The molecular weight excluding hydrogens is 287 g/mol. The number of benzene rings is 1. The summed E-state index contributed by atoms with van der Waals surface area (Å²) in [5.74, 6) is 0.289. The molecule has 1 aromatic carbocycles. The second-order valence-electron chi connectivity index (χ2n) is 6.13. The number of alkyl halides is 3. The molecule has 0 bridgehead atoms. The van der Waals surface area contributed by atoms with Crippen LogP contribution in [0.2, 0.25) is 0 Å². The highest BCUT2D eigenvalue weighted by Gasteiger charge is 2.30. The van der Waals surface area contributed by atoms with E-state index in [-0.39, 0.29) is 12.0 Å². The van der Waals surface area contributed by atoms with Crippen molar-refractivity contribution < 1.29 is 13.2 Å². The maximum Gasteiger partial charge on any atom is 0.416 e. The topological polar surface area (TPSA) is 26.0 Å². The van der Waals surface area contributed by atoms with Crippen LogP contribution in [-0.2, 0) is 6.18 Å². The average Bonchev–Trinajstić information content (AvgIpc) is 2.64. The molecule has 1 unspecified atom stereocenters. The highest BCUT2D eigenvalue weighted by atomic mass is 19.4. The number of rotatable bonds is 3. The van der Waals surface area contributed by atoms with Gasteiger partial charge in [-0.1, -0.05) is 23.3 Å². The summed E-state index contributed by atoms with van der Waals surface area (Å²) in [4.78, 5) is 0. The number of hydrogen-bond donors (Lipinski definition) is 1. The van der Waals surface area contributed by atoms with Crippen molar-refractivity contribution in [1.29, 1.82) is 0 Å². The lowest BCUT2D eigenvalue weighted by Gasteiger charge is -2.21. The van der Waals surface area contributed by atoms with Gasteiger partial charge in [-0.25, -0.2) is 0 Å². The Morgan fingerprint density at radius 2 is 1.41 bits per heavy atom. The molecule has 0 spiro atoms. The minimum absolute atomic E-state index is 0.268. The first kappa shape index (κ1) is 16.8. The van der Waals surface area contributed by atoms with Gasteiger partial charge in [0.2, 0.25) is 0 Å². The van der Waals surface area contributed by atoms with E-state index < -0.39 is 11.7 Å². The number of hydrogen-bond acceptors (Lipinski definition) is 1. The molecule has 0 amide bonds. The molecule has 120 valence electrons. The summed E-state index contributed by atoms with van der Waals surface area (Å²) in [6.45, 7) is 8.44. The molecule has 22 heavy (non-hydrogen) atoms. The fraction of sp³-hybridized carbons (Fsp3) is 0.444. The van der Waals surface area contributed by atoms with Crippen LogP contribution in [0, 0.1) is 5.92 Å². The van der Waals surface area contributed by atoms with E-state index in [2.05, 4.69) is 27.7 Å². The van der Waals surface area contributed by atoms with Crippen LogP contribution in [0.1, 0.15) is 51.3 Å². The van der Waals surface area contributed by atoms with Crippen molar-refractivity contribution in [2.75, 3.05) is 0 Å². The largest absolute Gasteiger partial charge is 0.416 e. The number of allylic oxidation sites excluding steroid dienone is 4. The van der Waals surface area contributed by atoms with E-state index in [1.165, 1.54) is 34.4 Å². The summed E-state index contributed by atoms with van der Waals surface area (Å²) in [5.41, 5.74) is 11.6. The van der Waals surface area contributed by atoms with Gasteiger partial charge >= 0.3 is 6.18 Å². The van der Waals surface area contributed by atoms with Crippen molar-refractivity contribution in [3.05, 3.63) is 57.7 Å². The Hall–Kier alpha value is -1.55. The standard InChI is InChI=1S/C18H22F3N/c1-10-11(2)13(4)16(12(10)3)9-17(22)14-5-7-15(8-6-14)18(19,20)21/h5-8,16-17H,9,22H2,1-4H3. The van der Waals surface area contributed by atoms with Crippen LogP contribution in [0.4, 0.5) is 13.2 Å². The predicted molar refractivity (Wildman–Crippen MR) is 83.2 cm³/mol. The molecule has 1 aliphatic rings. The zero-order valence-corrected chi connectivity index (χ0v) is 13.4. The Morgan fingerprint density at radius 1 is 0.955 bits per heavy atom. The van der Waals surface area contributed by atoms with Crippen molar-refractivity contribution in [2.24, 2.45) is 11.7 Å². The molecule has 1 aliphatic carbocycles. The lowest BCUT2D eigenvalue weighted by molar-refractivity contribution is -0.137. The van der Waals surface area contributed by atoms with Gasteiger partial charge in [0.25, 0.3) is 0 Å². The molecule has 1 nitrogen and oxygen atoms in total. The molecule has 2 N–H and O–H groups in total. The summed E-state index contributed by atoms with van der Waals surface area (Å²) in [6.07, 6.45) is -3.58. The zero-order valence-electron chi connectivity index (χ0n) is 13.4. The Labute approximate surface area is 129 Å². The summed E-state index contributed by atoms with van der Waals surface area (Å²) in [5, 5.41) is 0. The van der Waals surface area contributed by atoms with Crippen molar-refractivity contribution >= 4 is 0 Å². The predicted octanol–water partition coefficient (Wildman–Crippen LogP) is 5.40. The molecule has 1 aromatic rings. The Bertz CT molecular complexity index is 597. The monoisotopic (exact) mass is 309 g/mol. The third kappa shape index (κ3) is 3.12. The van der Waals surface area contributed by atoms with Gasteiger partial charge in [-0.3, -0.25) is 0 Å². The van der Waals surface area contributed by atoms with E-state index in [0.29, 0.717) is 0 Å². The van der Waals surface area contributed by atoms with E-state index in [1.807, 2.05) is 0 Å². The maximum absolute atomic E-state index is 12.6. The third-order valence-corrected chi connectivity index (χ3v) is 4.95. The highest BCUT2D eigenvalue weighted by Crippen LogP contribution is 2.41. The Morgan fingerprint density at radius 3 is 1.82 bits per heavy atom. The van der Waals surface area contributed by atoms with Crippen LogP contribution in [0.3, 0.4) is 0 Å². The van der Waals surface area contributed by atoms with Crippen LogP contribution < -0.4 is 5.73 Å². The lowest BCUT2D eigenvalue weighted by atomic mass is 9.87. The van der Waals surface area contributed by atoms with Gasteiger partial charge < -0.3 is 5.73 Å². The van der Waals surface area contributed by atoms with Crippen LogP contribution in [0.5, 0.6) is 0 Å². The van der Waals surface area contributed by atoms with Gasteiger partial charge in [0.05, 0.1) is 5.56 Å². The smallest absolute Gasteiger partial charge is 0.324 e. The quantitative estimate of drug-likeness (QED) is 0.795. The number of nitrogens with two attached hydrogens (primary N) is 1. The highest BCUT2D eigenvalue weighted by molar-refractivity contribution is 5.46. The van der Waals surface area contributed by atoms with E-state index in [0.717, 1.165) is 24.1 Å². The molecule has 2 rings (SSSR count). The van der Waals surface area contributed by atoms with Crippen molar-refractivity contribution in [3.8, 4) is 0 Å². The molecular formula is C18H22F3N. The molecule has 0 aliphatic heterocycles. The van der Waals surface area contributed by atoms with E-state index in [1.54, 1.807) is 0 Å². The van der Waals surface area contributed by atoms with Gasteiger partial charge in [0.1, 0.15) is 0 Å². The molecule has 0 heterocycles. The van der Waals surface area contributed by atoms with Crippen molar-refractivity contribution in [3.63, 3.8) is 0 Å². The van der Waals surface area contributed by atoms with Gasteiger partial charge in [-0.2, -0.15) is 13.2 Å². The zero-order chi connectivity index (χ0) is 16.7. The lowest BCUT2D eigenvalue weighted by Crippen LogP contribution is -2.16. The first-order valence-corrected chi connectivity index (χ1v) is 7.40. The second kappa shape index (κ2) is 5.92. The van der Waals surface area contributed by atoms with E-state index in [4.69, 9.17) is 5.73 Å². The fourth-order valence-electron chi connectivity index (χ4n) is 3.10. The molecule has 0 saturated heterocycles. The molecule has 0 fully saturated rings. The third-order valence-electron chi connectivity index (χ3n) is 4.95. The van der Waals surface area contributed by atoms with Gasteiger partial charge in [0, 0.05) is 12.0 Å². The van der Waals surface area contributed by atoms with Crippen LogP contribution in [-0.4, -0.2) is 0 Å². The van der Waals surface area contributed by atoms with E-state index >= 15 is 0 Å². The maximum atomic E-state index is 12.6.